The topological polar surface area (TPSA) is 108 Å². The second-order valence-corrected chi connectivity index (χ2v) is 6.50. The van der Waals surface area contributed by atoms with E-state index in [1.807, 2.05) is 0 Å². The number of nitrogens with one attached hydrogen (secondary N) is 1. The normalized spacial score (nSPS) is 11.1. The van der Waals surface area contributed by atoms with Crippen LogP contribution in [-0.2, 0) is 16.6 Å². The molecule has 0 unspecified atom stereocenters. The number of ether oxygens (including phenoxy) is 2. The molecule has 2 aromatic carbocycles. The van der Waals surface area contributed by atoms with Crippen molar-refractivity contribution in [3.8, 4) is 11.5 Å². The van der Waals surface area contributed by atoms with Gasteiger partial charge in [-0.05, 0) is 23.8 Å². The predicted molar refractivity (Wildman–Crippen MR) is 86.7 cm³/mol. The van der Waals surface area contributed by atoms with Crippen molar-refractivity contribution in [2.24, 2.45) is 0 Å². The van der Waals surface area contributed by atoms with E-state index in [0.717, 1.165) is 23.8 Å². The Kier molecular flexibility index (Phi) is 5.37. The number of non-ortho nitro benzene ring substituents is 1. The average molecular weight is 352 g/mol. The molecule has 128 valence electrons. The molecule has 0 aliphatic heterocycles. The minimum Gasteiger partial charge on any atom is -0.497 e. The lowest BCUT2D eigenvalue weighted by Gasteiger charge is -2.11. The third kappa shape index (κ3) is 4.00. The summed E-state index contributed by atoms with van der Waals surface area (Å²) in [5, 5.41) is 10.8. The van der Waals surface area contributed by atoms with Gasteiger partial charge in [-0.25, -0.2) is 13.1 Å². The summed E-state index contributed by atoms with van der Waals surface area (Å²) in [6.07, 6.45) is 0. The molecule has 0 heterocycles. The van der Waals surface area contributed by atoms with Gasteiger partial charge in [-0.3, -0.25) is 10.1 Å². The smallest absolute Gasteiger partial charge is 0.273 e. The Bertz CT molecular complexity index is 834. The van der Waals surface area contributed by atoms with E-state index in [4.69, 9.17) is 9.47 Å². The van der Waals surface area contributed by atoms with Crippen molar-refractivity contribution in [3.05, 3.63) is 58.1 Å². The number of hydrogen-bond acceptors (Lipinski definition) is 6. The number of nitro benzene ring substituents is 1. The second kappa shape index (κ2) is 7.28. The van der Waals surface area contributed by atoms with E-state index in [1.54, 1.807) is 31.4 Å². The van der Waals surface area contributed by atoms with Crippen LogP contribution in [0, 0.1) is 10.1 Å². The minimum atomic E-state index is -3.89. The highest BCUT2D eigenvalue weighted by molar-refractivity contribution is 7.89. The first-order valence-electron chi connectivity index (χ1n) is 6.82. The van der Waals surface area contributed by atoms with Gasteiger partial charge in [0.25, 0.3) is 5.69 Å². The zero-order valence-electron chi connectivity index (χ0n) is 13.1. The highest BCUT2D eigenvalue weighted by atomic mass is 32.2. The fourth-order valence-electron chi connectivity index (χ4n) is 1.99. The summed E-state index contributed by atoms with van der Waals surface area (Å²) in [6.45, 7) is 0.0620. The molecule has 0 atom stereocenters. The Labute approximate surface area is 139 Å². The number of hydrogen-bond donors (Lipinski definition) is 1. The van der Waals surface area contributed by atoms with Crippen molar-refractivity contribution < 1.29 is 22.8 Å². The second-order valence-electron chi connectivity index (χ2n) is 4.76. The van der Waals surface area contributed by atoms with Crippen LogP contribution in [0.4, 0.5) is 5.69 Å². The van der Waals surface area contributed by atoms with Gasteiger partial charge < -0.3 is 9.47 Å². The van der Waals surface area contributed by atoms with E-state index in [-0.39, 0.29) is 22.9 Å². The van der Waals surface area contributed by atoms with Crippen molar-refractivity contribution in [3.63, 3.8) is 0 Å². The van der Waals surface area contributed by atoms with Gasteiger partial charge >= 0.3 is 0 Å². The molecule has 0 amide bonds. The van der Waals surface area contributed by atoms with Crippen LogP contribution in [0.25, 0.3) is 0 Å². The highest BCUT2D eigenvalue weighted by Gasteiger charge is 2.22. The lowest BCUT2D eigenvalue weighted by molar-refractivity contribution is -0.385. The lowest BCUT2D eigenvalue weighted by Crippen LogP contribution is -2.23. The van der Waals surface area contributed by atoms with Crippen LogP contribution in [0.15, 0.2) is 47.4 Å². The number of rotatable bonds is 7. The van der Waals surface area contributed by atoms with E-state index in [2.05, 4.69) is 4.72 Å². The molecule has 2 rings (SSSR count). The quantitative estimate of drug-likeness (QED) is 0.604. The fraction of sp³-hybridized carbons (Fsp3) is 0.200. The van der Waals surface area contributed by atoms with Crippen molar-refractivity contribution in [2.45, 2.75) is 11.4 Å². The first-order chi connectivity index (χ1) is 11.4. The molecular weight excluding hydrogens is 336 g/mol. The Morgan fingerprint density at radius 1 is 1.08 bits per heavy atom. The molecule has 0 fully saturated rings. The lowest BCUT2D eigenvalue weighted by atomic mass is 10.2. The van der Waals surface area contributed by atoms with Gasteiger partial charge in [0, 0.05) is 12.6 Å². The van der Waals surface area contributed by atoms with E-state index in [1.165, 1.54) is 7.11 Å². The van der Waals surface area contributed by atoms with Crippen LogP contribution in [0.5, 0.6) is 11.5 Å². The summed E-state index contributed by atoms with van der Waals surface area (Å²) >= 11 is 0. The van der Waals surface area contributed by atoms with Gasteiger partial charge in [0.1, 0.15) is 16.4 Å². The van der Waals surface area contributed by atoms with E-state index >= 15 is 0 Å². The predicted octanol–water partition coefficient (Wildman–Crippen LogP) is 2.09. The minimum absolute atomic E-state index is 0.0620. The third-order valence-electron chi connectivity index (χ3n) is 3.27. The van der Waals surface area contributed by atoms with Gasteiger partial charge in [0.2, 0.25) is 10.0 Å². The molecule has 0 spiro atoms. The maximum absolute atomic E-state index is 12.4. The molecule has 0 radical (unpaired) electrons. The Morgan fingerprint density at radius 3 is 2.29 bits per heavy atom. The molecule has 0 aliphatic carbocycles. The summed E-state index contributed by atoms with van der Waals surface area (Å²) < 4.78 is 37.2. The zero-order valence-corrected chi connectivity index (χ0v) is 13.9. The van der Waals surface area contributed by atoms with Gasteiger partial charge in [0.15, 0.2) is 0 Å². The van der Waals surface area contributed by atoms with Crippen LogP contribution >= 0.6 is 0 Å². The maximum atomic E-state index is 12.4. The van der Waals surface area contributed by atoms with Crippen molar-refractivity contribution >= 4 is 15.7 Å². The first kappa shape index (κ1) is 17.7. The van der Waals surface area contributed by atoms with Gasteiger partial charge in [-0.2, -0.15) is 0 Å². The third-order valence-corrected chi connectivity index (χ3v) is 4.71. The summed E-state index contributed by atoms with van der Waals surface area (Å²) in [6, 6.07) is 10.2. The standard InChI is InChI=1S/C15H16N2O6S/c1-22-13-6-3-11(4-7-13)10-16-24(20,21)15-8-5-12(17(18)19)9-14(15)23-2/h3-9,16H,10H2,1-2H3. The SMILES string of the molecule is COc1ccc(CNS(=O)(=O)c2ccc([N+](=O)[O-])cc2OC)cc1. The van der Waals surface area contributed by atoms with Crippen LogP contribution in [-0.4, -0.2) is 27.6 Å². The molecule has 9 heteroatoms. The average Bonchev–Trinajstić information content (AvgIpc) is 2.59. The molecular formula is C15H16N2O6S. The fourth-order valence-corrected chi connectivity index (χ4v) is 3.16. The van der Waals surface area contributed by atoms with Crippen LogP contribution in [0.3, 0.4) is 0 Å². The molecule has 8 nitrogen and oxygen atoms in total. The molecule has 1 N–H and O–H groups in total. The summed E-state index contributed by atoms with van der Waals surface area (Å²) in [5.74, 6) is 0.574. The van der Waals surface area contributed by atoms with Crippen LogP contribution in [0.2, 0.25) is 0 Å². The van der Waals surface area contributed by atoms with E-state index < -0.39 is 14.9 Å². The van der Waals surface area contributed by atoms with Crippen LogP contribution in [0.1, 0.15) is 5.56 Å². The van der Waals surface area contributed by atoms with E-state index in [0.29, 0.717) is 5.75 Å². The monoisotopic (exact) mass is 352 g/mol. The highest BCUT2D eigenvalue weighted by Crippen LogP contribution is 2.28. The summed E-state index contributed by atoms with van der Waals surface area (Å²) in [5.41, 5.74) is 0.487. The van der Waals surface area contributed by atoms with Gasteiger partial charge in [0.05, 0.1) is 25.2 Å². The van der Waals surface area contributed by atoms with Crippen molar-refractivity contribution in [1.82, 2.24) is 4.72 Å². The molecule has 0 bridgehead atoms. The van der Waals surface area contributed by atoms with Crippen molar-refractivity contribution in [1.29, 1.82) is 0 Å². The van der Waals surface area contributed by atoms with E-state index in [9.17, 15) is 18.5 Å². The number of nitrogens with zero attached hydrogens (tertiary/aromatic N) is 1. The summed E-state index contributed by atoms with van der Waals surface area (Å²) in [4.78, 5) is 9.98. The molecule has 0 saturated heterocycles. The molecule has 0 saturated carbocycles. The largest absolute Gasteiger partial charge is 0.497 e. The van der Waals surface area contributed by atoms with Crippen molar-refractivity contribution in [2.75, 3.05) is 14.2 Å². The summed E-state index contributed by atoms with van der Waals surface area (Å²) in [7, 11) is -1.10. The molecule has 2 aromatic rings. The van der Waals surface area contributed by atoms with Crippen LogP contribution < -0.4 is 14.2 Å². The molecule has 0 aromatic heterocycles. The Morgan fingerprint density at radius 2 is 1.75 bits per heavy atom. The Hall–Kier alpha value is -2.65. The number of methoxy groups -OCH3 is 2. The molecule has 24 heavy (non-hydrogen) atoms. The number of nitro groups is 1. The number of sulfonamides is 1. The number of benzene rings is 2. The maximum Gasteiger partial charge on any atom is 0.273 e. The Balaban J connectivity index is 2.21. The first-order valence-corrected chi connectivity index (χ1v) is 8.30. The molecule has 0 aliphatic rings. The van der Waals surface area contributed by atoms with Gasteiger partial charge in [-0.15, -0.1) is 0 Å². The zero-order chi connectivity index (χ0) is 17.7. The van der Waals surface area contributed by atoms with Gasteiger partial charge in [-0.1, -0.05) is 12.1 Å².